The first-order valence-corrected chi connectivity index (χ1v) is 18.6. The smallest absolute Gasteiger partial charge is 0.167 e. The highest BCUT2D eigenvalue weighted by atomic mass is 16.5. The van der Waals surface area contributed by atoms with Gasteiger partial charge in [0, 0.05) is 22.9 Å². The number of ether oxygens (including phenoxy) is 1. The zero-order valence-electron chi connectivity index (χ0n) is 30.2. The molecule has 0 bridgehead atoms. The molecule has 0 N–H and O–H groups in total. The van der Waals surface area contributed by atoms with Crippen LogP contribution in [-0.2, 0) is 0 Å². The third-order valence-corrected chi connectivity index (χ3v) is 9.97. The molecule has 0 aliphatic carbocycles. The van der Waals surface area contributed by atoms with Crippen molar-refractivity contribution < 1.29 is 4.74 Å². The summed E-state index contributed by atoms with van der Waals surface area (Å²) in [7, 11) is 0. The van der Waals surface area contributed by atoms with Gasteiger partial charge in [0.05, 0.1) is 16.9 Å². The van der Waals surface area contributed by atoms with Gasteiger partial charge in [-0.3, -0.25) is 4.90 Å². The van der Waals surface area contributed by atoms with Crippen LogP contribution in [0.15, 0.2) is 200 Å². The lowest BCUT2D eigenvalue weighted by Crippen LogP contribution is -2.18. The standard InChI is InChI=1S/C50H33N5O/c1-5-17-34(18-6-1)40-30-29-38(31-41(40)35-19-7-2-8-20-35)39-32-42(49-53-47(36-21-9-3-10-22-36)52-48(54-49)37-23-11-4-12-24-37)50(51-33-39)55-43-25-13-15-27-45(43)56-46-28-16-14-26-44(46)55/h1-33H. The number of pyridine rings is 1. The molecule has 2 aromatic heterocycles. The summed E-state index contributed by atoms with van der Waals surface area (Å²) < 4.78 is 6.41. The maximum Gasteiger partial charge on any atom is 0.167 e. The van der Waals surface area contributed by atoms with E-state index >= 15 is 0 Å². The summed E-state index contributed by atoms with van der Waals surface area (Å²) in [4.78, 5) is 22.9. The lowest BCUT2D eigenvalue weighted by Gasteiger charge is -2.33. The highest BCUT2D eigenvalue weighted by molar-refractivity contribution is 5.93. The highest BCUT2D eigenvalue weighted by Gasteiger charge is 2.30. The molecule has 9 aromatic rings. The van der Waals surface area contributed by atoms with E-state index in [1.54, 1.807) is 0 Å². The number of nitrogens with zero attached hydrogens (tertiary/aromatic N) is 5. The van der Waals surface area contributed by atoms with E-state index in [1.807, 2.05) is 109 Å². The molecule has 6 nitrogen and oxygen atoms in total. The molecule has 1 aliphatic rings. The van der Waals surface area contributed by atoms with Gasteiger partial charge in [0.2, 0.25) is 0 Å². The molecule has 0 fully saturated rings. The van der Waals surface area contributed by atoms with Gasteiger partial charge in [0.15, 0.2) is 29.0 Å². The van der Waals surface area contributed by atoms with Crippen molar-refractivity contribution in [1.29, 1.82) is 0 Å². The first-order chi connectivity index (χ1) is 27.8. The van der Waals surface area contributed by atoms with Crippen molar-refractivity contribution in [3.8, 4) is 79.0 Å². The number of rotatable bonds is 7. The summed E-state index contributed by atoms with van der Waals surface area (Å²) >= 11 is 0. The summed E-state index contributed by atoms with van der Waals surface area (Å²) in [5, 5.41) is 0. The van der Waals surface area contributed by atoms with Crippen molar-refractivity contribution >= 4 is 17.2 Å². The van der Waals surface area contributed by atoms with Gasteiger partial charge < -0.3 is 4.74 Å². The molecule has 0 saturated carbocycles. The molecule has 0 atom stereocenters. The Bertz CT molecular complexity index is 2730. The Balaban J connectivity index is 1.23. The molecular formula is C50H33N5O. The zero-order valence-corrected chi connectivity index (χ0v) is 30.2. The fourth-order valence-corrected chi connectivity index (χ4v) is 7.27. The van der Waals surface area contributed by atoms with Gasteiger partial charge in [-0.1, -0.05) is 158 Å². The second-order valence-electron chi connectivity index (χ2n) is 13.5. The minimum absolute atomic E-state index is 0.507. The van der Waals surface area contributed by atoms with Gasteiger partial charge in [0.25, 0.3) is 0 Å². The van der Waals surface area contributed by atoms with Gasteiger partial charge >= 0.3 is 0 Å². The summed E-state index contributed by atoms with van der Waals surface area (Å²) in [6.45, 7) is 0. The topological polar surface area (TPSA) is 64.0 Å². The Kier molecular flexibility index (Phi) is 8.39. The van der Waals surface area contributed by atoms with Crippen LogP contribution in [0.25, 0.3) is 67.5 Å². The van der Waals surface area contributed by atoms with Crippen molar-refractivity contribution in [2.75, 3.05) is 4.90 Å². The Labute approximate surface area is 325 Å². The fourth-order valence-electron chi connectivity index (χ4n) is 7.27. The van der Waals surface area contributed by atoms with Crippen molar-refractivity contribution in [2.24, 2.45) is 0 Å². The van der Waals surface area contributed by atoms with Crippen molar-refractivity contribution in [3.05, 3.63) is 200 Å². The van der Waals surface area contributed by atoms with Crippen molar-refractivity contribution in [1.82, 2.24) is 19.9 Å². The predicted octanol–water partition coefficient (Wildman–Crippen LogP) is 12.8. The molecule has 56 heavy (non-hydrogen) atoms. The molecule has 7 aromatic carbocycles. The molecule has 6 heteroatoms. The number of hydrogen-bond donors (Lipinski definition) is 0. The first-order valence-electron chi connectivity index (χ1n) is 18.6. The molecular weight excluding hydrogens is 687 g/mol. The van der Waals surface area contributed by atoms with Crippen LogP contribution in [0, 0.1) is 0 Å². The first kappa shape index (κ1) is 32.9. The predicted molar refractivity (Wildman–Crippen MR) is 225 cm³/mol. The molecule has 3 heterocycles. The lowest BCUT2D eigenvalue weighted by molar-refractivity contribution is 0.476. The second-order valence-corrected chi connectivity index (χ2v) is 13.5. The Morgan fingerprint density at radius 1 is 0.339 bits per heavy atom. The molecule has 1 aliphatic heterocycles. The average Bonchev–Trinajstić information content (AvgIpc) is 3.29. The number of para-hydroxylation sites is 4. The van der Waals surface area contributed by atoms with E-state index in [0.29, 0.717) is 23.3 Å². The normalized spacial score (nSPS) is 11.7. The van der Waals surface area contributed by atoms with Gasteiger partial charge in [-0.25, -0.2) is 19.9 Å². The van der Waals surface area contributed by atoms with Crippen LogP contribution < -0.4 is 9.64 Å². The molecule has 0 unspecified atom stereocenters. The van der Waals surface area contributed by atoms with E-state index in [1.165, 1.54) is 0 Å². The zero-order chi connectivity index (χ0) is 37.3. The molecule has 0 radical (unpaired) electrons. The lowest BCUT2D eigenvalue weighted by atomic mass is 9.91. The molecule has 0 spiro atoms. The van der Waals surface area contributed by atoms with Crippen LogP contribution >= 0.6 is 0 Å². The number of anilines is 3. The van der Waals surface area contributed by atoms with E-state index in [2.05, 4.69) is 95.9 Å². The maximum atomic E-state index is 6.41. The SMILES string of the molecule is c1ccc(-c2nc(-c3ccccc3)nc(-c3cc(-c4ccc(-c5ccccc5)c(-c5ccccc5)c4)cnc3N3c4ccccc4Oc4ccccc43)n2)cc1. The number of benzene rings is 7. The quantitative estimate of drug-likeness (QED) is 0.163. The summed E-state index contributed by atoms with van der Waals surface area (Å²) in [6.07, 6.45) is 1.95. The van der Waals surface area contributed by atoms with Gasteiger partial charge in [0.1, 0.15) is 5.82 Å². The molecule has 0 amide bonds. The highest BCUT2D eigenvalue weighted by Crippen LogP contribution is 2.52. The van der Waals surface area contributed by atoms with Crippen LogP contribution in [0.1, 0.15) is 0 Å². The van der Waals surface area contributed by atoms with Crippen LogP contribution in [0.3, 0.4) is 0 Å². The Morgan fingerprint density at radius 3 is 1.34 bits per heavy atom. The van der Waals surface area contributed by atoms with Crippen LogP contribution in [0.2, 0.25) is 0 Å². The maximum absolute atomic E-state index is 6.41. The number of aromatic nitrogens is 4. The van der Waals surface area contributed by atoms with E-state index < -0.39 is 0 Å². The van der Waals surface area contributed by atoms with E-state index in [0.717, 1.165) is 72.9 Å². The van der Waals surface area contributed by atoms with Gasteiger partial charge in [-0.05, 0) is 64.2 Å². The summed E-state index contributed by atoms with van der Waals surface area (Å²) in [6, 6.07) is 66.0. The Hall–Kier alpha value is -7.70. The number of fused-ring (bicyclic) bond motifs is 2. The minimum atomic E-state index is 0.507. The molecule has 0 saturated heterocycles. The average molecular weight is 720 g/mol. The third-order valence-electron chi connectivity index (χ3n) is 9.97. The summed E-state index contributed by atoms with van der Waals surface area (Å²) in [5.41, 5.74) is 10.8. The van der Waals surface area contributed by atoms with Gasteiger partial charge in [-0.2, -0.15) is 0 Å². The largest absolute Gasteiger partial charge is 0.453 e. The molecule has 264 valence electrons. The van der Waals surface area contributed by atoms with Crippen LogP contribution in [0.5, 0.6) is 11.5 Å². The van der Waals surface area contributed by atoms with E-state index in [-0.39, 0.29) is 0 Å². The van der Waals surface area contributed by atoms with Gasteiger partial charge in [-0.15, -0.1) is 0 Å². The van der Waals surface area contributed by atoms with Crippen molar-refractivity contribution in [2.45, 2.75) is 0 Å². The fraction of sp³-hybridized carbons (Fsp3) is 0. The van der Waals surface area contributed by atoms with E-state index in [9.17, 15) is 0 Å². The minimum Gasteiger partial charge on any atom is -0.453 e. The Morgan fingerprint density at radius 2 is 0.786 bits per heavy atom. The van der Waals surface area contributed by atoms with Crippen molar-refractivity contribution in [3.63, 3.8) is 0 Å². The third kappa shape index (κ3) is 6.15. The van der Waals surface area contributed by atoms with Crippen LogP contribution in [0.4, 0.5) is 17.2 Å². The second kappa shape index (κ2) is 14.3. The molecule has 10 rings (SSSR count). The summed E-state index contributed by atoms with van der Waals surface area (Å²) in [5.74, 6) is 3.80. The monoisotopic (exact) mass is 719 g/mol. The number of hydrogen-bond acceptors (Lipinski definition) is 6. The van der Waals surface area contributed by atoms with Crippen LogP contribution in [-0.4, -0.2) is 19.9 Å². The van der Waals surface area contributed by atoms with E-state index in [4.69, 9.17) is 24.7 Å².